The lowest BCUT2D eigenvalue weighted by molar-refractivity contribution is 0.101. The molecule has 0 aliphatic carbocycles. The van der Waals surface area contributed by atoms with Crippen molar-refractivity contribution in [2.75, 3.05) is 5.32 Å². The highest BCUT2D eigenvalue weighted by molar-refractivity contribution is 9.10. The van der Waals surface area contributed by atoms with E-state index in [1.165, 1.54) is 0 Å². The molecule has 1 N–H and O–H groups in total. The minimum atomic E-state index is -0.208. The van der Waals surface area contributed by atoms with Crippen molar-refractivity contribution in [2.45, 2.75) is 19.9 Å². The van der Waals surface area contributed by atoms with Crippen molar-refractivity contribution in [1.29, 1.82) is 0 Å². The molecule has 4 nitrogen and oxygen atoms in total. The van der Waals surface area contributed by atoms with Gasteiger partial charge >= 0.3 is 0 Å². The van der Waals surface area contributed by atoms with Gasteiger partial charge in [0.2, 0.25) is 0 Å². The van der Waals surface area contributed by atoms with Gasteiger partial charge in [-0.15, -0.1) is 0 Å². The van der Waals surface area contributed by atoms with E-state index in [9.17, 15) is 4.79 Å². The summed E-state index contributed by atoms with van der Waals surface area (Å²) in [4.78, 5) is 16.2. The van der Waals surface area contributed by atoms with Crippen molar-refractivity contribution in [3.05, 3.63) is 45.9 Å². The maximum Gasteiger partial charge on any atom is 0.272 e. The van der Waals surface area contributed by atoms with Crippen molar-refractivity contribution in [3.63, 3.8) is 0 Å². The van der Waals surface area contributed by atoms with E-state index in [0.717, 1.165) is 4.47 Å². The zero-order valence-electron chi connectivity index (χ0n) is 10.5. The minimum Gasteiger partial charge on any atom is -0.341 e. The number of carbonyl (C=O) groups is 1. The number of nitrogens with one attached hydrogen (secondary N) is 1. The molecule has 0 aliphatic heterocycles. The first-order valence-electron chi connectivity index (χ1n) is 5.78. The van der Waals surface area contributed by atoms with Crippen LogP contribution in [0.15, 0.2) is 35.1 Å². The minimum absolute atomic E-state index is 0.208. The van der Waals surface area contributed by atoms with Crippen LogP contribution in [0.25, 0.3) is 0 Å². The molecule has 0 saturated carbocycles. The van der Waals surface area contributed by atoms with Crippen LogP contribution in [-0.4, -0.2) is 15.5 Å². The van der Waals surface area contributed by atoms with Gasteiger partial charge in [-0.1, -0.05) is 11.6 Å². The molecule has 2 aromatic rings. The molecule has 100 valence electrons. The Bertz CT molecular complexity index is 610. The lowest BCUT2D eigenvalue weighted by atomic mass is 10.3. The second-order valence-electron chi connectivity index (χ2n) is 4.34. The second-order valence-corrected chi connectivity index (χ2v) is 5.61. The van der Waals surface area contributed by atoms with Gasteiger partial charge in [-0.25, -0.2) is 4.98 Å². The van der Waals surface area contributed by atoms with Crippen molar-refractivity contribution in [1.82, 2.24) is 9.55 Å². The quantitative estimate of drug-likeness (QED) is 0.852. The Balaban J connectivity index is 2.26. The lowest BCUT2D eigenvalue weighted by Crippen LogP contribution is -2.18. The Labute approximate surface area is 124 Å². The molecule has 1 amide bonds. The molecule has 0 atom stereocenters. The first-order chi connectivity index (χ1) is 8.99. The Morgan fingerprint density at radius 3 is 2.95 bits per heavy atom. The first kappa shape index (κ1) is 14.1. The molecule has 0 aromatic carbocycles. The number of rotatable bonds is 3. The van der Waals surface area contributed by atoms with Crippen LogP contribution in [0, 0.1) is 0 Å². The fourth-order valence-electron chi connectivity index (χ4n) is 1.73. The molecule has 6 heteroatoms. The molecular weight excluding hydrogens is 330 g/mol. The van der Waals surface area contributed by atoms with Gasteiger partial charge in [-0.2, -0.15) is 0 Å². The van der Waals surface area contributed by atoms with Crippen LogP contribution in [0.5, 0.6) is 0 Å². The summed E-state index contributed by atoms with van der Waals surface area (Å²) in [5.74, 6) is -0.208. The second kappa shape index (κ2) is 5.75. The number of anilines is 1. The first-order valence-corrected chi connectivity index (χ1v) is 6.95. The summed E-state index contributed by atoms with van der Waals surface area (Å²) in [6, 6.07) is 5.55. The van der Waals surface area contributed by atoms with Gasteiger partial charge in [0.25, 0.3) is 5.91 Å². The molecule has 0 fully saturated rings. The van der Waals surface area contributed by atoms with Crippen LogP contribution in [0.2, 0.25) is 5.15 Å². The van der Waals surface area contributed by atoms with Crippen molar-refractivity contribution in [3.8, 4) is 0 Å². The Morgan fingerprint density at radius 1 is 1.53 bits per heavy atom. The largest absolute Gasteiger partial charge is 0.341 e. The normalized spacial score (nSPS) is 10.8. The van der Waals surface area contributed by atoms with E-state index in [0.29, 0.717) is 11.4 Å². The van der Waals surface area contributed by atoms with E-state index in [4.69, 9.17) is 11.6 Å². The standard InChI is InChI=1S/C13H13BrClN3O/c1-8(2)18-5-3-4-11(18)13(19)17-10-6-9(14)7-16-12(10)15/h3-8H,1-2H3,(H,17,19). The fourth-order valence-corrected chi connectivity index (χ4v) is 2.21. The third-order valence-electron chi connectivity index (χ3n) is 2.62. The molecule has 0 spiro atoms. The predicted octanol–water partition coefficient (Wildman–Crippen LogP) is 4.13. The molecule has 19 heavy (non-hydrogen) atoms. The highest BCUT2D eigenvalue weighted by Gasteiger charge is 2.14. The number of hydrogen-bond donors (Lipinski definition) is 1. The molecule has 0 aliphatic rings. The molecule has 0 radical (unpaired) electrons. The summed E-state index contributed by atoms with van der Waals surface area (Å²) in [5, 5.41) is 3.03. The van der Waals surface area contributed by atoms with E-state index in [-0.39, 0.29) is 17.1 Å². The molecule has 0 unspecified atom stereocenters. The average molecular weight is 343 g/mol. The van der Waals surface area contributed by atoms with Gasteiger partial charge in [0, 0.05) is 22.9 Å². The van der Waals surface area contributed by atoms with E-state index in [1.807, 2.05) is 30.7 Å². The van der Waals surface area contributed by atoms with Gasteiger partial charge in [0.05, 0.1) is 5.69 Å². The van der Waals surface area contributed by atoms with Crippen LogP contribution < -0.4 is 5.32 Å². The van der Waals surface area contributed by atoms with E-state index in [1.54, 1.807) is 18.3 Å². The zero-order chi connectivity index (χ0) is 14.0. The van der Waals surface area contributed by atoms with Crippen LogP contribution >= 0.6 is 27.5 Å². The fraction of sp³-hybridized carbons (Fsp3) is 0.231. The SMILES string of the molecule is CC(C)n1cccc1C(=O)Nc1cc(Br)cnc1Cl. The zero-order valence-corrected chi connectivity index (χ0v) is 12.9. The number of nitrogens with zero attached hydrogens (tertiary/aromatic N) is 2. The van der Waals surface area contributed by atoms with Gasteiger partial charge in [0.1, 0.15) is 5.69 Å². The smallest absolute Gasteiger partial charge is 0.272 e. The number of carbonyl (C=O) groups excluding carboxylic acids is 1. The van der Waals surface area contributed by atoms with E-state index in [2.05, 4.69) is 26.2 Å². The van der Waals surface area contributed by atoms with Gasteiger partial charge < -0.3 is 9.88 Å². The molecule has 2 rings (SSSR count). The highest BCUT2D eigenvalue weighted by atomic mass is 79.9. The van der Waals surface area contributed by atoms with Crippen LogP contribution in [0.3, 0.4) is 0 Å². The van der Waals surface area contributed by atoms with Crippen LogP contribution in [-0.2, 0) is 0 Å². The van der Waals surface area contributed by atoms with E-state index < -0.39 is 0 Å². The third kappa shape index (κ3) is 3.16. The lowest BCUT2D eigenvalue weighted by Gasteiger charge is -2.13. The summed E-state index contributed by atoms with van der Waals surface area (Å²) < 4.78 is 2.65. The third-order valence-corrected chi connectivity index (χ3v) is 3.36. The van der Waals surface area contributed by atoms with Crippen molar-refractivity contribution in [2.24, 2.45) is 0 Å². The number of halogens is 2. The number of amides is 1. The van der Waals surface area contributed by atoms with Crippen molar-refractivity contribution >= 4 is 39.1 Å². The molecule has 0 saturated heterocycles. The van der Waals surface area contributed by atoms with Crippen molar-refractivity contribution < 1.29 is 4.79 Å². The summed E-state index contributed by atoms with van der Waals surface area (Å²) in [5.41, 5.74) is 1.07. The summed E-state index contributed by atoms with van der Waals surface area (Å²) in [6.45, 7) is 4.04. The summed E-state index contributed by atoms with van der Waals surface area (Å²) in [6.07, 6.45) is 3.45. The number of pyridine rings is 1. The maximum atomic E-state index is 12.2. The maximum absolute atomic E-state index is 12.2. The van der Waals surface area contributed by atoms with Gasteiger partial charge in [-0.05, 0) is 48.0 Å². The van der Waals surface area contributed by atoms with Gasteiger partial charge in [0.15, 0.2) is 5.15 Å². The average Bonchev–Trinajstić information content (AvgIpc) is 2.83. The van der Waals surface area contributed by atoms with Crippen LogP contribution in [0.4, 0.5) is 5.69 Å². The van der Waals surface area contributed by atoms with E-state index >= 15 is 0 Å². The highest BCUT2D eigenvalue weighted by Crippen LogP contribution is 2.24. The predicted molar refractivity (Wildman–Crippen MR) is 79.7 cm³/mol. The van der Waals surface area contributed by atoms with Crippen LogP contribution in [0.1, 0.15) is 30.4 Å². The summed E-state index contributed by atoms with van der Waals surface area (Å²) >= 11 is 9.25. The Kier molecular flexibility index (Phi) is 4.27. The summed E-state index contributed by atoms with van der Waals surface area (Å²) in [7, 11) is 0. The monoisotopic (exact) mass is 341 g/mol. The van der Waals surface area contributed by atoms with Gasteiger partial charge in [-0.3, -0.25) is 4.79 Å². The molecular formula is C13H13BrClN3O. The molecule has 0 bridgehead atoms. The number of aromatic nitrogens is 2. The Hall–Kier alpha value is -1.33. The Morgan fingerprint density at radius 2 is 2.26 bits per heavy atom. The topological polar surface area (TPSA) is 46.9 Å². The molecule has 2 heterocycles. The number of hydrogen-bond acceptors (Lipinski definition) is 2. The molecule has 2 aromatic heterocycles.